The van der Waals surface area contributed by atoms with Gasteiger partial charge in [0.05, 0.1) is 13.2 Å². The van der Waals surface area contributed by atoms with Gasteiger partial charge in [0.15, 0.2) is 11.6 Å². The van der Waals surface area contributed by atoms with Crippen LogP contribution in [-0.2, 0) is 9.47 Å². The third-order valence-corrected chi connectivity index (χ3v) is 5.51. The van der Waals surface area contributed by atoms with E-state index in [-0.39, 0.29) is 25.9 Å². The highest BCUT2D eigenvalue weighted by Gasteiger charge is 2.29. The number of carbonyl (C=O) groups excluding carboxylic acids is 1. The highest BCUT2D eigenvalue weighted by atomic mass is 16.6. The molecule has 40 heavy (non-hydrogen) atoms. The molecular formula is C26H38N6O8. The van der Waals surface area contributed by atoms with Gasteiger partial charge in [-0.05, 0) is 39.8 Å². The van der Waals surface area contributed by atoms with E-state index in [1.165, 1.54) is 4.90 Å². The Labute approximate surface area is 233 Å². The predicted octanol–water partition coefficient (Wildman–Crippen LogP) is 2.44. The maximum atomic E-state index is 11.6. The van der Waals surface area contributed by atoms with Gasteiger partial charge in [-0.25, -0.2) is 24.5 Å². The zero-order valence-corrected chi connectivity index (χ0v) is 23.4. The number of alkyl carbamates (subject to hydrolysis) is 1. The molecule has 14 heteroatoms. The van der Waals surface area contributed by atoms with E-state index in [2.05, 4.69) is 20.3 Å². The summed E-state index contributed by atoms with van der Waals surface area (Å²) >= 11 is 0. The van der Waals surface area contributed by atoms with Crippen LogP contribution in [-0.4, -0.2) is 108 Å². The van der Waals surface area contributed by atoms with E-state index in [9.17, 15) is 14.7 Å². The van der Waals surface area contributed by atoms with Crippen molar-refractivity contribution < 1.29 is 38.4 Å². The lowest BCUT2D eigenvalue weighted by Crippen LogP contribution is -2.53. The van der Waals surface area contributed by atoms with E-state index < -0.39 is 17.8 Å². The fraction of sp³-hybridized carbons (Fsp3) is 0.577. The van der Waals surface area contributed by atoms with E-state index in [4.69, 9.17) is 23.7 Å². The summed E-state index contributed by atoms with van der Waals surface area (Å²) in [6, 6.07) is 3.40. The molecule has 1 fully saturated rings. The minimum absolute atomic E-state index is 0.0829. The smallest absolute Gasteiger partial charge is 0.407 e. The first-order valence-corrected chi connectivity index (χ1v) is 13.1. The topological polar surface area (TPSA) is 158 Å². The number of hydrogen-bond donors (Lipinski definition) is 2. The highest BCUT2D eigenvalue weighted by molar-refractivity contribution is 5.67. The average molecular weight is 563 g/mol. The molecule has 0 spiro atoms. The summed E-state index contributed by atoms with van der Waals surface area (Å²) < 4.78 is 28.0. The van der Waals surface area contributed by atoms with E-state index in [1.54, 1.807) is 51.5 Å². The molecule has 2 amide bonds. The zero-order valence-electron chi connectivity index (χ0n) is 23.4. The summed E-state index contributed by atoms with van der Waals surface area (Å²) in [6.45, 7) is 10.1. The van der Waals surface area contributed by atoms with Crippen LogP contribution in [0.3, 0.4) is 0 Å². The molecule has 1 saturated heterocycles. The van der Waals surface area contributed by atoms with Gasteiger partial charge < -0.3 is 43.9 Å². The van der Waals surface area contributed by atoms with Gasteiger partial charge in [-0.1, -0.05) is 0 Å². The number of pyridine rings is 1. The number of rotatable bonds is 13. The second kappa shape index (κ2) is 14.9. The van der Waals surface area contributed by atoms with Gasteiger partial charge in [0.25, 0.3) is 11.8 Å². The van der Waals surface area contributed by atoms with Crippen molar-refractivity contribution in [1.29, 1.82) is 0 Å². The van der Waals surface area contributed by atoms with E-state index in [0.29, 0.717) is 62.7 Å². The number of nitrogens with zero attached hydrogens (tertiary/aromatic N) is 5. The largest absolute Gasteiger partial charge is 0.484 e. The number of piperazine rings is 1. The monoisotopic (exact) mass is 562 g/mol. The molecule has 0 aromatic carbocycles. The van der Waals surface area contributed by atoms with Crippen LogP contribution in [0.2, 0.25) is 0 Å². The van der Waals surface area contributed by atoms with Crippen LogP contribution < -0.4 is 24.4 Å². The highest BCUT2D eigenvalue weighted by Crippen LogP contribution is 2.27. The first kappa shape index (κ1) is 30.5. The van der Waals surface area contributed by atoms with Crippen LogP contribution in [0.4, 0.5) is 15.4 Å². The summed E-state index contributed by atoms with van der Waals surface area (Å²) in [5, 5.41) is 11.9. The Morgan fingerprint density at radius 3 is 2.42 bits per heavy atom. The lowest BCUT2D eigenvalue weighted by atomic mass is 10.2. The molecule has 0 bridgehead atoms. The van der Waals surface area contributed by atoms with E-state index in [0.717, 1.165) is 0 Å². The number of carbonyl (C=O) groups is 2. The molecule has 0 saturated carbocycles. The molecule has 0 aliphatic carbocycles. The molecule has 1 atom stereocenters. The number of ether oxygens (including phenoxy) is 5. The number of amides is 2. The number of aromatic nitrogens is 3. The van der Waals surface area contributed by atoms with Gasteiger partial charge in [0.2, 0.25) is 0 Å². The molecule has 1 aliphatic heterocycles. The Kier molecular flexibility index (Phi) is 11.4. The first-order chi connectivity index (χ1) is 19.1. The summed E-state index contributed by atoms with van der Waals surface area (Å²) in [4.78, 5) is 39.2. The lowest BCUT2D eigenvalue weighted by Gasteiger charge is -2.39. The standard InChI is InChI=1S/C26H38N6O8/c1-19-18-31(25(34)35)11-12-32(19)21-23(29-9-8-27-21)39-17-16-37-20-6-5-7-28-22(20)38-15-14-36-13-10-30-24(33)40-26(2,3)4/h5-9,19H,10-18H2,1-4H3,(H,30,33)(H,34,35)/t19-/m1/s1. The molecule has 0 unspecified atom stereocenters. The van der Waals surface area contributed by atoms with Crippen molar-refractivity contribution in [2.45, 2.75) is 39.3 Å². The van der Waals surface area contributed by atoms with Crippen LogP contribution in [0.1, 0.15) is 27.7 Å². The Bertz CT molecular complexity index is 1100. The SMILES string of the molecule is C[C@@H]1CN(C(=O)O)CCN1c1nccnc1OCCOc1cccnc1OCCOCCNC(=O)OC(C)(C)C. The Morgan fingerprint density at radius 2 is 1.68 bits per heavy atom. The molecule has 2 N–H and O–H groups in total. The third-order valence-electron chi connectivity index (χ3n) is 5.51. The number of anilines is 1. The summed E-state index contributed by atoms with van der Waals surface area (Å²) in [7, 11) is 0. The van der Waals surface area contributed by atoms with E-state index in [1.807, 2.05) is 11.8 Å². The molecule has 0 radical (unpaired) electrons. The summed E-state index contributed by atoms with van der Waals surface area (Å²) in [5.41, 5.74) is -0.550. The molecular weight excluding hydrogens is 524 g/mol. The Hall–Kier alpha value is -4.07. The van der Waals surface area contributed by atoms with Crippen molar-refractivity contribution in [3.05, 3.63) is 30.7 Å². The molecule has 14 nitrogen and oxygen atoms in total. The summed E-state index contributed by atoms with van der Waals surface area (Å²) in [6.07, 6.45) is 3.30. The van der Waals surface area contributed by atoms with Crippen LogP contribution >= 0.6 is 0 Å². The van der Waals surface area contributed by atoms with Gasteiger partial charge in [-0.2, -0.15) is 0 Å². The van der Waals surface area contributed by atoms with Gasteiger partial charge in [-0.3, -0.25) is 0 Å². The van der Waals surface area contributed by atoms with Gasteiger partial charge in [0.1, 0.15) is 25.4 Å². The van der Waals surface area contributed by atoms with E-state index >= 15 is 0 Å². The Morgan fingerprint density at radius 1 is 0.975 bits per heavy atom. The van der Waals surface area contributed by atoms with Crippen molar-refractivity contribution in [2.24, 2.45) is 0 Å². The molecule has 1 aliphatic rings. The maximum absolute atomic E-state index is 11.6. The van der Waals surface area contributed by atoms with Gasteiger partial charge in [0, 0.05) is 50.8 Å². The minimum atomic E-state index is -0.932. The molecule has 2 aromatic heterocycles. The fourth-order valence-corrected chi connectivity index (χ4v) is 3.79. The lowest BCUT2D eigenvalue weighted by molar-refractivity contribution is 0.0487. The number of nitrogens with one attached hydrogen (secondary N) is 1. The average Bonchev–Trinajstić information content (AvgIpc) is 2.90. The van der Waals surface area contributed by atoms with Crippen LogP contribution in [0, 0.1) is 0 Å². The van der Waals surface area contributed by atoms with Crippen molar-refractivity contribution in [3.8, 4) is 17.5 Å². The summed E-state index contributed by atoms with van der Waals surface area (Å²) in [5.74, 6) is 1.69. The molecule has 220 valence electrons. The zero-order chi connectivity index (χ0) is 29.0. The van der Waals surface area contributed by atoms with Gasteiger partial charge in [-0.15, -0.1) is 0 Å². The minimum Gasteiger partial charge on any atom is -0.484 e. The van der Waals surface area contributed by atoms with Crippen molar-refractivity contribution >= 4 is 18.0 Å². The van der Waals surface area contributed by atoms with Crippen molar-refractivity contribution in [2.75, 3.05) is 64.1 Å². The number of hydrogen-bond acceptors (Lipinski definition) is 11. The first-order valence-electron chi connectivity index (χ1n) is 13.1. The normalized spacial score (nSPS) is 15.3. The molecule has 3 heterocycles. The molecule has 3 rings (SSSR count). The second-order valence-corrected chi connectivity index (χ2v) is 9.85. The third kappa shape index (κ3) is 9.91. The van der Waals surface area contributed by atoms with Crippen LogP contribution in [0.5, 0.6) is 17.5 Å². The van der Waals surface area contributed by atoms with Crippen LogP contribution in [0.25, 0.3) is 0 Å². The quantitative estimate of drug-likeness (QED) is 0.344. The second-order valence-electron chi connectivity index (χ2n) is 9.85. The van der Waals surface area contributed by atoms with Crippen molar-refractivity contribution in [3.63, 3.8) is 0 Å². The molecule has 2 aromatic rings. The van der Waals surface area contributed by atoms with Crippen molar-refractivity contribution in [1.82, 2.24) is 25.2 Å². The Balaban J connectivity index is 1.39. The number of carboxylic acid groups (broad SMARTS) is 1. The van der Waals surface area contributed by atoms with Crippen LogP contribution in [0.15, 0.2) is 30.7 Å². The fourth-order valence-electron chi connectivity index (χ4n) is 3.79. The maximum Gasteiger partial charge on any atom is 0.407 e. The predicted molar refractivity (Wildman–Crippen MR) is 144 cm³/mol. The van der Waals surface area contributed by atoms with Gasteiger partial charge >= 0.3 is 12.2 Å².